The first-order valence-electron chi connectivity index (χ1n) is 17.7. The van der Waals surface area contributed by atoms with Crippen molar-refractivity contribution < 1.29 is 23.7 Å². The lowest BCUT2D eigenvalue weighted by atomic mass is 9.99. The van der Waals surface area contributed by atoms with Gasteiger partial charge in [-0.3, -0.25) is 0 Å². The van der Waals surface area contributed by atoms with Gasteiger partial charge in [0.15, 0.2) is 6.61 Å². The van der Waals surface area contributed by atoms with Gasteiger partial charge < -0.3 is 23.5 Å². The molecule has 51 heavy (non-hydrogen) atoms. The molecule has 262 valence electrons. The summed E-state index contributed by atoms with van der Waals surface area (Å²) in [5.41, 5.74) is 8.78. The number of carbonyl (C=O) groups is 1. The summed E-state index contributed by atoms with van der Waals surface area (Å²) in [7, 11) is 0. The van der Waals surface area contributed by atoms with Crippen LogP contribution in [0.15, 0.2) is 121 Å². The largest absolute Gasteiger partial charge is 0.489 e. The van der Waals surface area contributed by atoms with Gasteiger partial charge in [-0.2, -0.15) is 0 Å². The Labute approximate surface area is 301 Å². The summed E-state index contributed by atoms with van der Waals surface area (Å²) in [4.78, 5) is 12.8. The zero-order valence-corrected chi connectivity index (χ0v) is 30.2. The smallest absolute Gasteiger partial charge is 0.344 e. The maximum absolute atomic E-state index is 12.8. The molecule has 0 atom stereocenters. The number of hydrogen-bond acceptors (Lipinski definition) is 5. The molecule has 0 aliphatic carbocycles. The second kappa shape index (κ2) is 16.5. The van der Waals surface area contributed by atoms with Crippen LogP contribution in [0.25, 0.3) is 10.9 Å². The first kappa shape index (κ1) is 35.3. The van der Waals surface area contributed by atoms with Crippen molar-refractivity contribution >= 4 is 16.9 Å². The van der Waals surface area contributed by atoms with Crippen LogP contribution in [0, 0.1) is 6.92 Å². The van der Waals surface area contributed by atoms with Gasteiger partial charge in [0, 0.05) is 17.6 Å². The highest BCUT2D eigenvalue weighted by Crippen LogP contribution is 2.33. The van der Waals surface area contributed by atoms with E-state index in [2.05, 4.69) is 87.7 Å². The number of fused-ring (bicyclic) bond motifs is 1. The summed E-state index contributed by atoms with van der Waals surface area (Å²) >= 11 is 0. The maximum Gasteiger partial charge on any atom is 0.344 e. The number of rotatable bonds is 15. The molecule has 0 fully saturated rings. The summed E-state index contributed by atoms with van der Waals surface area (Å²) in [6.45, 7) is 12.5. The van der Waals surface area contributed by atoms with E-state index in [4.69, 9.17) is 18.9 Å². The highest BCUT2D eigenvalue weighted by Gasteiger charge is 2.16. The van der Waals surface area contributed by atoms with Crippen LogP contribution in [0.1, 0.15) is 78.6 Å². The van der Waals surface area contributed by atoms with Gasteiger partial charge in [0.05, 0.1) is 5.52 Å². The molecule has 6 aromatic rings. The number of carbonyl (C=O) groups excluding carboxylic acids is 1. The molecule has 5 aromatic carbocycles. The van der Waals surface area contributed by atoms with E-state index in [-0.39, 0.29) is 19.1 Å². The van der Waals surface area contributed by atoms with Crippen LogP contribution in [-0.2, 0) is 35.9 Å². The Kier molecular flexibility index (Phi) is 11.4. The van der Waals surface area contributed by atoms with Gasteiger partial charge in [0.2, 0.25) is 0 Å². The zero-order chi connectivity index (χ0) is 35.7. The number of benzene rings is 5. The number of hydrogen-bond donors (Lipinski definition) is 0. The van der Waals surface area contributed by atoms with E-state index in [0.717, 1.165) is 50.3 Å². The molecular weight excluding hydrogens is 634 g/mol. The average molecular weight is 682 g/mol. The first-order chi connectivity index (χ1) is 24.7. The number of aryl methyl sites for hydroxylation is 1. The van der Waals surface area contributed by atoms with Crippen LogP contribution in [0.5, 0.6) is 17.2 Å². The summed E-state index contributed by atoms with van der Waals surface area (Å²) in [5.74, 6) is 2.55. The van der Waals surface area contributed by atoms with Crippen LogP contribution < -0.4 is 14.2 Å². The van der Waals surface area contributed by atoms with E-state index in [1.165, 1.54) is 11.1 Å². The third-order valence-electron chi connectivity index (χ3n) is 9.07. The molecule has 0 radical (unpaired) electrons. The van der Waals surface area contributed by atoms with Crippen molar-refractivity contribution in [3.05, 3.63) is 160 Å². The molecule has 6 heteroatoms. The molecule has 6 rings (SSSR count). The lowest BCUT2D eigenvalue weighted by molar-refractivity contribution is -0.147. The molecule has 0 N–H and O–H groups in total. The zero-order valence-electron chi connectivity index (χ0n) is 30.2. The maximum atomic E-state index is 12.8. The van der Waals surface area contributed by atoms with Crippen molar-refractivity contribution in [3.8, 4) is 17.2 Å². The van der Waals surface area contributed by atoms with E-state index in [9.17, 15) is 4.79 Å². The Morgan fingerprint density at radius 3 is 1.73 bits per heavy atom. The molecule has 0 spiro atoms. The van der Waals surface area contributed by atoms with Crippen molar-refractivity contribution in [2.75, 3.05) is 6.61 Å². The van der Waals surface area contributed by atoms with E-state index in [1.54, 1.807) is 0 Å². The van der Waals surface area contributed by atoms with Crippen molar-refractivity contribution in [1.29, 1.82) is 0 Å². The van der Waals surface area contributed by atoms with E-state index < -0.39 is 5.97 Å². The van der Waals surface area contributed by atoms with Crippen molar-refractivity contribution in [1.82, 2.24) is 4.57 Å². The molecule has 0 amide bonds. The van der Waals surface area contributed by atoms with Gasteiger partial charge in [-0.1, -0.05) is 113 Å². The number of ether oxygens (including phenoxy) is 4. The molecule has 0 unspecified atom stereocenters. The third kappa shape index (κ3) is 9.01. The Morgan fingerprint density at radius 1 is 0.569 bits per heavy atom. The molecule has 0 saturated heterocycles. The summed E-state index contributed by atoms with van der Waals surface area (Å²) < 4.78 is 26.4. The topological polar surface area (TPSA) is 58.9 Å². The van der Waals surface area contributed by atoms with Crippen molar-refractivity contribution in [2.24, 2.45) is 0 Å². The molecule has 0 bridgehead atoms. The average Bonchev–Trinajstić information content (AvgIpc) is 3.47. The SMILES string of the molecule is Cc1cc2c(OCC(=O)OCc3ccc(OCc4ccccc4)c(C(C)C)c3)cccc2n1Cc1ccc(OCc2ccccc2)c(C(C)C)c1. The predicted octanol–water partition coefficient (Wildman–Crippen LogP) is 10.5. The summed E-state index contributed by atoms with van der Waals surface area (Å²) in [6.07, 6.45) is 0. The van der Waals surface area contributed by atoms with Gasteiger partial charge in [0.1, 0.15) is 37.1 Å². The Bertz CT molecular complexity index is 2060. The highest BCUT2D eigenvalue weighted by molar-refractivity contribution is 5.88. The third-order valence-corrected chi connectivity index (χ3v) is 9.07. The molecule has 0 aliphatic rings. The highest BCUT2D eigenvalue weighted by atomic mass is 16.6. The minimum absolute atomic E-state index is 0.162. The fraction of sp³-hybridized carbons (Fsp3) is 0.267. The molecule has 0 saturated carbocycles. The van der Waals surface area contributed by atoms with E-state index >= 15 is 0 Å². The second-order valence-corrected chi connectivity index (χ2v) is 13.6. The standard InChI is InChI=1S/C45H47NO5/c1-31(2)38-24-36(19-21-43(38)48-27-34-13-8-6-9-14-34)26-46-33(5)23-40-41(46)17-12-18-42(40)50-30-45(47)51-29-37-20-22-44(39(25-37)32(3)4)49-28-35-15-10-7-11-16-35/h6-25,31-32H,26-30H2,1-5H3. The molecule has 1 aromatic heterocycles. The lowest BCUT2D eigenvalue weighted by Crippen LogP contribution is -2.15. The minimum Gasteiger partial charge on any atom is -0.489 e. The first-order valence-corrected chi connectivity index (χ1v) is 17.7. The monoisotopic (exact) mass is 681 g/mol. The molecular formula is C45H47NO5. The van der Waals surface area contributed by atoms with Crippen LogP contribution in [0.3, 0.4) is 0 Å². The normalized spacial score (nSPS) is 11.3. The minimum atomic E-state index is -0.422. The fourth-order valence-corrected chi connectivity index (χ4v) is 6.27. The number of esters is 1. The molecule has 1 heterocycles. The van der Waals surface area contributed by atoms with Crippen molar-refractivity contribution in [3.63, 3.8) is 0 Å². The number of nitrogens with zero attached hydrogens (tertiary/aromatic N) is 1. The molecule has 6 nitrogen and oxygen atoms in total. The number of aromatic nitrogens is 1. The van der Waals surface area contributed by atoms with Gasteiger partial charge in [-0.05, 0) is 88.5 Å². The quantitative estimate of drug-likeness (QED) is 0.101. The Balaban J connectivity index is 1.08. The van der Waals surface area contributed by atoms with Gasteiger partial charge in [-0.15, -0.1) is 0 Å². The summed E-state index contributed by atoms with van der Waals surface area (Å²) in [5, 5.41) is 0.961. The predicted molar refractivity (Wildman–Crippen MR) is 204 cm³/mol. The fourth-order valence-electron chi connectivity index (χ4n) is 6.27. The Hall–Kier alpha value is -5.49. The van der Waals surface area contributed by atoms with Crippen LogP contribution in [0.4, 0.5) is 0 Å². The van der Waals surface area contributed by atoms with Crippen LogP contribution in [0.2, 0.25) is 0 Å². The summed E-state index contributed by atoms with van der Waals surface area (Å²) in [6, 6.07) is 40.9. The van der Waals surface area contributed by atoms with Gasteiger partial charge in [-0.25, -0.2) is 4.79 Å². The van der Waals surface area contributed by atoms with Crippen molar-refractivity contribution in [2.45, 2.75) is 72.8 Å². The van der Waals surface area contributed by atoms with Gasteiger partial charge in [0.25, 0.3) is 0 Å². The van der Waals surface area contributed by atoms with Crippen LogP contribution in [-0.4, -0.2) is 17.1 Å². The van der Waals surface area contributed by atoms with Crippen LogP contribution >= 0.6 is 0 Å². The Morgan fingerprint density at radius 2 is 1.14 bits per heavy atom. The van der Waals surface area contributed by atoms with Gasteiger partial charge >= 0.3 is 5.97 Å². The van der Waals surface area contributed by atoms with E-state index in [1.807, 2.05) is 72.8 Å². The lowest BCUT2D eigenvalue weighted by Gasteiger charge is -2.17. The van der Waals surface area contributed by atoms with E-state index in [0.29, 0.717) is 31.4 Å². The molecule has 0 aliphatic heterocycles. The second-order valence-electron chi connectivity index (χ2n) is 13.6.